The summed E-state index contributed by atoms with van der Waals surface area (Å²) in [6.07, 6.45) is 0. The van der Waals surface area contributed by atoms with Crippen molar-refractivity contribution in [1.29, 1.82) is 0 Å². The molecular formula is C23H22N2O6S. The van der Waals surface area contributed by atoms with Crippen molar-refractivity contribution in [3.05, 3.63) is 71.8 Å². The maximum absolute atomic E-state index is 13.6. The monoisotopic (exact) mass is 454 g/mol. The molecule has 2 amide bonds. The van der Waals surface area contributed by atoms with Crippen LogP contribution in [0.3, 0.4) is 0 Å². The molecular weight excluding hydrogens is 432 g/mol. The van der Waals surface area contributed by atoms with Crippen LogP contribution in [-0.4, -0.2) is 61.1 Å². The number of β-lactam (4-membered cyclic amide) rings is 1. The van der Waals surface area contributed by atoms with E-state index in [1.54, 1.807) is 74.5 Å². The Balaban J connectivity index is 1.72. The zero-order valence-corrected chi connectivity index (χ0v) is 18.2. The van der Waals surface area contributed by atoms with Crippen LogP contribution in [0.15, 0.2) is 60.7 Å². The molecule has 9 heteroatoms. The standard InChI is InChI=1S/C23H22N2O6S/c1-22(2)16(19(27)28)25-17(26)15(18(25)32-22)24-20(29)23(21(30)31,13-9-5-3-6-10-13)14-11-7-4-8-12-14/h3-12,15-16,18H,1-2H3,(H,24,29)(H,27,28)(H,30,31)/t15-,16+,18-/m1/s1. The number of nitrogens with zero attached hydrogens (tertiary/aromatic N) is 1. The van der Waals surface area contributed by atoms with Crippen molar-refractivity contribution in [2.75, 3.05) is 0 Å². The second-order valence-electron chi connectivity index (χ2n) is 8.34. The van der Waals surface area contributed by atoms with E-state index < -0.39 is 51.4 Å². The van der Waals surface area contributed by atoms with Gasteiger partial charge in [0, 0.05) is 4.75 Å². The Morgan fingerprint density at radius 3 is 1.91 bits per heavy atom. The molecule has 2 saturated heterocycles. The second kappa shape index (κ2) is 7.67. The molecule has 0 aliphatic carbocycles. The molecule has 2 heterocycles. The molecule has 3 N–H and O–H groups in total. The number of thioether (sulfide) groups is 1. The van der Waals surface area contributed by atoms with Gasteiger partial charge in [-0.15, -0.1) is 11.8 Å². The summed E-state index contributed by atoms with van der Waals surface area (Å²) in [6, 6.07) is 14.2. The number of fused-ring (bicyclic) bond motifs is 1. The fraction of sp³-hybridized carbons (Fsp3) is 0.304. The summed E-state index contributed by atoms with van der Waals surface area (Å²) in [6.45, 7) is 3.47. The van der Waals surface area contributed by atoms with Crippen molar-refractivity contribution in [2.24, 2.45) is 0 Å². The third kappa shape index (κ3) is 3.07. The minimum atomic E-state index is -2.08. The van der Waals surface area contributed by atoms with Crippen LogP contribution in [0.1, 0.15) is 25.0 Å². The largest absolute Gasteiger partial charge is 0.480 e. The molecule has 2 aliphatic heterocycles. The molecule has 0 bridgehead atoms. The van der Waals surface area contributed by atoms with Gasteiger partial charge in [-0.25, -0.2) is 4.79 Å². The van der Waals surface area contributed by atoms with Crippen molar-refractivity contribution < 1.29 is 29.4 Å². The molecule has 2 fully saturated rings. The zero-order chi connectivity index (χ0) is 23.3. The lowest BCUT2D eigenvalue weighted by Crippen LogP contribution is -2.72. The Hall–Kier alpha value is -3.33. The van der Waals surface area contributed by atoms with Gasteiger partial charge in [-0.3, -0.25) is 14.4 Å². The zero-order valence-electron chi connectivity index (χ0n) is 17.4. The first-order valence-electron chi connectivity index (χ1n) is 10.0. The molecule has 166 valence electrons. The topological polar surface area (TPSA) is 124 Å². The van der Waals surface area contributed by atoms with Crippen LogP contribution < -0.4 is 5.32 Å². The maximum Gasteiger partial charge on any atom is 0.328 e. The van der Waals surface area contributed by atoms with Gasteiger partial charge >= 0.3 is 11.9 Å². The first-order chi connectivity index (χ1) is 15.1. The van der Waals surface area contributed by atoms with Gasteiger partial charge in [0.2, 0.25) is 11.8 Å². The summed E-state index contributed by atoms with van der Waals surface area (Å²) in [5.74, 6) is -3.87. The average molecular weight is 455 g/mol. The number of carboxylic acids is 2. The molecule has 4 rings (SSSR count). The first kappa shape index (κ1) is 21.9. The molecule has 2 aromatic rings. The van der Waals surface area contributed by atoms with E-state index in [0.717, 1.165) is 0 Å². The minimum absolute atomic E-state index is 0.252. The number of hydrogen-bond acceptors (Lipinski definition) is 5. The van der Waals surface area contributed by atoms with Crippen molar-refractivity contribution in [2.45, 2.75) is 41.5 Å². The number of aliphatic carboxylic acids is 2. The molecule has 0 saturated carbocycles. The highest BCUT2D eigenvalue weighted by Crippen LogP contribution is 2.51. The van der Waals surface area contributed by atoms with Gasteiger partial charge in [0.15, 0.2) is 5.41 Å². The number of amides is 2. The van der Waals surface area contributed by atoms with Crippen LogP contribution in [0.25, 0.3) is 0 Å². The lowest BCUT2D eigenvalue weighted by Gasteiger charge is -2.44. The molecule has 3 atom stereocenters. The number of rotatable bonds is 6. The number of hydrogen-bond donors (Lipinski definition) is 3. The molecule has 8 nitrogen and oxygen atoms in total. The highest BCUT2D eigenvalue weighted by Gasteiger charge is 2.65. The summed E-state index contributed by atoms with van der Waals surface area (Å²) in [5.41, 5.74) is -1.57. The van der Waals surface area contributed by atoms with E-state index in [1.165, 1.54) is 16.7 Å². The van der Waals surface area contributed by atoms with E-state index in [1.807, 2.05) is 0 Å². The Bertz CT molecular complexity index is 1050. The third-order valence-corrected chi connectivity index (χ3v) is 7.61. The van der Waals surface area contributed by atoms with Gasteiger partial charge in [-0.1, -0.05) is 60.7 Å². The fourth-order valence-electron chi connectivity index (χ4n) is 4.54. The van der Waals surface area contributed by atoms with Crippen LogP contribution >= 0.6 is 11.8 Å². The number of benzene rings is 2. The quantitative estimate of drug-likeness (QED) is 0.448. The Morgan fingerprint density at radius 1 is 0.969 bits per heavy atom. The first-order valence-corrected chi connectivity index (χ1v) is 10.9. The fourth-order valence-corrected chi connectivity index (χ4v) is 6.17. The van der Waals surface area contributed by atoms with Crippen molar-refractivity contribution >= 4 is 35.5 Å². The molecule has 0 unspecified atom stereocenters. The van der Waals surface area contributed by atoms with Crippen LogP contribution in [-0.2, 0) is 24.6 Å². The van der Waals surface area contributed by atoms with E-state index >= 15 is 0 Å². The van der Waals surface area contributed by atoms with E-state index in [2.05, 4.69) is 5.32 Å². The molecule has 2 aliphatic rings. The number of carbonyl (C=O) groups is 4. The van der Waals surface area contributed by atoms with Gasteiger partial charge in [-0.05, 0) is 25.0 Å². The van der Waals surface area contributed by atoms with E-state index in [0.29, 0.717) is 0 Å². The summed E-state index contributed by atoms with van der Waals surface area (Å²) in [4.78, 5) is 52.1. The van der Waals surface area contributed by atoms with Crippen molar-refractivity contribution in [3.63, 3.8) is 0 Å². The summed E-state index contributed by atoms with van der Waals surface area (Å²) >= 11 is 1.28. The lowest BCUT2D eigenvalue weighted by atomic mass is 9.73. The van der Waals surface area contributed by atoms with Crippen LogP contribution in [0.4, 0.5) is 0 Å². The lowest BCUT2D eigenvalue weighted by molar-refractivity contribution is -0.162. The third-order valence-electron chi connectivity index (χ3n) is 6.04. The van der Waals surface area contributed by atoms with Gasteiger partial charge in [0.1, 0.15) is 17.5 Å². The predicted octanol–water partition coefficient (Wildman–Crippen LogP) is 1.69. The van der Waals surface area contributed by atoms with E-state index in [9.17, 15) is 29.4 Å². The van der Waals surface area contributed by atoms with Crippen LogP contribution in [0, 0.1) is 0 Å². The second-order valence-corrected chi connectivity index (χ2v) is 10.1. The van der Waals surface area contributed by atoms with E-state index in [4.69, 9.17) is 0 Å². The Morgan fingerprint density at radius 2 is 1.47 bits per heavy atom. The van der Waals surface area contributed by atoms with Gasteiger partial charge < -0.3 is 20.4 Å². The normalized spacial score (nSPS) is 23.8. The Kier molecular flexibility index (Phi) is 5.24. The van der Waals surface area contributed by atoms with E-state index in [-0.39, 0.29) is 11.1 Å². The summed E-state index contributed by atoms with van der Waals surface area (Å²) in [5, 5.41) is 21.9. The highest BCUT2D eigenvalue weighted by atomic mass is 32.2. The van der Waals surface area contributed by atoms with Crippen molar-refractivity contribution in [1.82, 2.24) is 10.2 Å². The van der Waals surface area contributed by atoms with Gasteiger partial charge in [0.05, 0.1) is 0 Å². The molecule has 0 spiro atoms. The predicted molar refractivity (Wildman–Crippen MR) is 117 cm³/mol. The number of carbonyl (C=O) groups excluding carboxylic acids is 2. The van der Waals surface area contributed by atoms with Crippen molar-refractivity contribution in [3.8, 4) is 0 Å². The summed E-state index contributed by atoms with van der Waals surface area (Å²) < 4.78 is -0.756. The van der Waals surface area contributed by atoms with Gasteiger partial charge in [-0.2, -0.15) is 0 Å². The minimum Gasteiger partial charge on any atom is -0.480 e. The highest BCUT2D eigenvalue weighted by molar-refractivity contribution is 8.01. The number of carboxylic acid groups (broad SMARTS) is 2. The SMILES string of the molecule is CC1(C)S[C@@H]2[C@H](NC(=O)C(C(=O)O)(c3ccccc3)c3ccccc3)C(=O)N2[C@H]1C(=O)O. The molecule has 2 aromatic carbocycles. The maximum atomic E-state index is 13.6. The average Bonchev–Trinajstić information content (AvgIpc) is 3.02. The smallest absolute Gasteiger partial charge is 0.328 e. The van der Waals surface area contributed by atoms with Crippen LogP contribution in [0.5, 0.6) is 0 Å². The Labute approximate surface area is 188 Å². The summed E-state index contributed by atoms with van der Waals surface area (Å²) in [7, 11) is 0. The molecule has 32 heavy (non-hydrogen) atoms. The number of nitrogens with one attached hydrogen (secondary N) is 1. The van der Waals surface area contributed by atoms with Crippen LogP contribution in [0.2, 0.25) is 0 Å². The molecule has 0 radical (unpaired) electrons. The van der Waals surface area contributed by atoms with Gasteiger partial charge in [0.25, 0.3) is 0 Å². The molecule has 0 aromatic heterocycles.